The number of carbonyl (C=O) groups is 2. The lowest BCUT2D eigenvalue weighted by Crippen LogP contribution is -2.40. The van der Waals surface area contributed by atoms with Crippen LogP contribution in [0.1, 0.15) is 55.0 Å². The molecule has 2 amide bonds. The summed E-state index contributed by atoms with van der Waals surface area (Å²) in [5.74, 6) is 2.49. The van der Waals surface area contributed by atoms with Gasteiger partial charge < -0.3 is 29.7 Å². The van der Waals surface area contributed by atoms with Crippen molar-refractivity contribution in [2.75, 3.05) is 33.8 Å². The number of benzene rings is 3. The number of alkyl carbamates (subject to hydrolysis) is 1. The van der Waals surface area contributed by atoms with Crippen molar-refractivity contribution in [3.8, 4) is 28.1 Å². The Hall–Kier alpha value is -4.90. The first kappa shape index (κ1) is 27.6. The Balaban J connectivity index is 1.06. The van der Waals surface area contributed by atoms with Crippen LogP contribution in [0.5, 0.6) is 5.75 Å². The van der Waals surface area contributed by atoms with Crippen LogP contribution in [0.3, 0.4) is 0 Å². The fraction of sp³-hybridized carbons (Fsp3) is 0.353. The van der Waals surface area contributed by atoms with Crippen molar-refractivity contribution in [2.24, 2.45) is 0 Å². The van der Waals surface area contributed by atoms with E-state index in [0.717, 1.165) is 93.0 Å². The first-order chi connectivity index (χ1) is 22.0. The van der Waals surface area contributed by atoms with Gasteiger partial charge in [-0.05, 0) is 85.6 Å². The number of hydrogen-bond donors (Lipinski definition) is 3. The van der Waals surface area contributed by atoms with E-state index >= 15 is 0 Å². The zero-order valence-corrected chi connectivity index (χ0v) is 25.4. The number of rotatable bonds is 5. The summed E-state index contributed by atoms with van der Waals surface area (Å²) >= 11 is 0. The Bertz CT molecular complexity index is 1960. The van der Waals surface area contributed by atoms with Crippen molar-refractivity contribution in [1.29, 1.82) is 0 Å². The van der Waals surface area contributed by atoms with Gasteiger partial charge in [0.15, 0.2) is 0 Å². The molecule has 11 heteroatoms. The van der Waals surface area contributed by atoms with Crippen molar-refractivity contribution in [2.45, 2.75) is 44.4 Å². The second-order valence-corrected chi connectivity index (χ2v) is 12.2. The minimum atomic E-state index is -0.622. The minimum Gasteiger partial charge on any atom is -0.488 e. The third-order valence-corrected chi connectivity index (χ3v) is 9.57. The number of methoxy groups -OCH3 is 1. The molecule has 2 fully saturated rings. The molecule has 230 valence electrons. The number of nitrogens with one attached hydrogen (secondary N) is 3. The number of H-pyrrole nitrogens is 2. The van der Waals surface area contributed by atoms with E-state index in [1.54, 1.807) is 4.90 Å². The van der Waals surface area contributed by atoms with Gasteiger partial charge >= 0.3 is 6.09 Å². The van der Waals surface area contributed by atoms with Crippen LogP contribution in [-0.4, -0.2) is 75.5 Å². The van der Waals surface area contributed by atoms with Gasteiger partial charge in [-0.2, -0.15) is 0 Å². The van der Waals surface area contributed by atoms with Crippen LogP contribution >= 0.6 is 0 Å². The number of aromatic amines is 2. The van der Waals surface area contributed by atoms with Gasteiger partial charge in [-0.3, -0.25) is 9.69 Å². The summed E-state index contributed by atoms with van der Waals surface area (Å²) in [6, 6.07) is 15.2. The van der Waals surface area contributed by atoms with E-state index in [0.29, 0.717) is 19.2 Å². The largest absolute Gasteiger partial charge is 0.488 e. The third kappa shape index (κ3) is 4.78. The average molecular weight is 606 g/mol. The summed E-state index contributed by atoms with van der Waals surface area (Å²) in [7, 11) is 3.45. The Morgan fingerprint density at radius 2 is 1.89 bits per heavy atom. The molecule has 45 heavy (non-hydrogen) atoms. The number of hydrogen-bond acceptors (Lipinski definition) is 7. The van der Waals surface area contributed by atoms with E-state index < -0.39 is 6.09 Å². The maximum absolute atomic E-state index is 12.8. The first-order valence-corrected chi connectivity index (χ1v) is 15.6. The first-order valence-electron chi connectivity index (χ1n) is 15.6. The summed E-state index contributed by atoms with van der Waals surface area (Å²) in [4.78, 5) is 45.1. The normalized spacial score (nSPS) is 19.5. The van der Waals surface area contributed by atoms with Crippen LogP contribution in [0.15, 0.2) is 48.7 Å². The minimum absolute atomic E-state index is 0.107. The highest BCUT2D eigenvalue weighted by Gasteiger charge is 2.32. The van der Waals surface area contributed by atoms with Crippen LogP contribution in [0, 0.1) is 0 Å². The number of amides is 2. The van der Waals surface area contributed by atoms with Gasteiger partial charge in [0.05, 0.1) is 42.1 Å². The summed E-state index contributed by atoms with van der Waals surface area (Å²) < 4.78 is 10.9. The van der Waals surface area contributed by atoms with Crippen LogP contribution in [0.2, 0.25) is 0 Å². The Labute approximate surface area is 259 Å². The molecule has 0 spiro atoms. The van der Waals surface area contributed by atoms with E-state index in [1.807, 2.05) is 6.20 Å². The molecule has 2 atom stereocenters. The monoisotopic (exact) mass is 605 g/mol. The van der Waals surface area contributed by atoms with E-state index in [-0.39, 0.29) is 18.5 Å². The second-order valence-electron chi connectivity index (χ2n) is 12.2. The van der Waals surface area contributed by atoms with Gasteiger partial charge in [-0.1, -0.05) is 18.2 Å². The molecule has 11 nitrogen and oxygen atoms in total. The SMILES string of the molecule is COC(=O)NCC(=O)N1CCCC1c1ncc(-c2ccc3c(c2)COc2cc4c(ccc5[nH]c(C6CCCN6C)nc54)cc2-3)[nH]1. The van der Waals surface area contributed by atoms with E-state index in [9.17, 15) is 9.59 Å². The molecule has 0 saturated carbocycles. The highest BCUT2D eigenvalue weighted by atomic mass is 16.5. The van der Waals surface area contributed by atoms with Gasteiger partial charge in [0.1, 0.15) is 30.5 Å². The lowest BCUT2D eigenvalue weighted by atomic mass is 9.92. The van der Waals surface area contributed by atoms with Crippen LogP contribution in [-0.2, 0) is 16.1 Å². The molecule has 2 unspecified atom stereocenters. The van der Waals surface area contributed by atoms with Crippen LogP contribution in [0.25, 0.3) is 44.2 Å². The third-order valence-electron chi connectivity index (χ3n) is 9.57. The quantitative estimate of drug-likeness (QED) is 0.243. The molecular formula is C34H35N7O4. The molecule has 2 saturated heterocycles. The smallest absolute Gasteiger partial charge is 0.407 e. The molecule has 3 N–H and O–H groups in total. The number of fused-ring (bicyclic) bond motifs is 6. The highest BCUT2D eigenvalue weighted by Crippen LogP contribution is 2.43. The topological polar surface area (TPSA) is 128 Å². The molecule has 8 rings (SSSR count). The molecule has 0 aliphatic carbocycles. The van der Waals surface area contributed by atoms with Gasteiger partial charge in [-0.25, -0.2) is 14.8 Å². The van der Waals surface area contributed by atoms with Crippen molar-refractivity contribution >= 4 is 33.8 Å². The fourth-order valence-corrected chi connectivity index (χ4v) is 7.21. The molecule has 2 aromatic heterocycles. The lowest BCUT2D eigenvalue weighted by molar-refractivity contribution is -0.131. The fourth-order valence-electron chi connectivity index (χ4n) is 7.21. The van der Waals surface area contributed by atoms with Crippen LogP contribution in [0.4, 0.5) is 4.79 Å². The summed E-state index contributed by atoms with van der Waals surface area (Å²) in [6.45, 7) is 2.08. The maximum Gasteiger partial charge on any atom is 0.407 e. The van der Waals surface area contributed by atoms with Crippen molar-refractivity contribution in [1.82, 2.24) is 35.1 Å². The Kier molecular flexibility index (Phi) is 6.71. The summed E-state index contributed by atoms with van der Waals surface area (Å²) in [5, 5.41) is 4.71. The molecule has 5 aromatic rings. The van der Waals surface area contributed by atoms with E-state index in [4.69, 9.17) is 9.72 Å². The van der Waals surface area contributed by atoms with Gasteiger partial charge in [0.25, 0.3) is 0 Å². The number of aromatic nitrogens is 4. The van der Waals surface area contributed by atoms with Crippen molar-refractivity contribution < 1.29 is 19.1 Å². The predicted molar refractivity (Wildman–Crippen MR) is 170 cm³/mol. The zero-order chi connectivity index (χ0) is 30.7. The molecule has 5 heterocycles. The standard InChI is InChI=1S/C34H35N7O4/c1-40-11-3-5-27(40)33-37-25-10-8-19-14-24-22-9-7-20(13-21(22)18-45-29(24)15-23(19)31(25)39-33)26-16-35-32(38-26)28-6-4-12-41(28)30(42)17-36-34(43)44-2/h7-10,13-16,27-28H,3-6,11-12,17-18H2,1-2H3,(H,35,38)(H,36,43)(H,37,39). The summed E-state index contributed by atoms with van der Waals surface area (Å²) in [5.41, 5.74) is 7.28. The molecule has 3 aliphatic heterocycles. The number of nitrogens with zero attached hydrogens (tertiary/aromatic N) is 4. The molecule has 3 aromatic carbocycles. The second kappa shape index (κ2) is 10.9. The number of imidazole rings is 2. The molecule has 0 bridgehead atoms. The Morgan fingerprint density at radius 3 is 2.73 bits per heavy atom. The lowest BCUT2D eigenvalue weighted by Gasteiger charge is -2.23. The predicted octanol–water partition coefficient (Wildman–Crippen LogP) is 5.45. The number of carbonyl (C=O) groups excluding carboxylic acids is 2. The molecule has 0 radical (unpaired) electrons. The summed E-state index contributed by atoms with van der Waals surface area (Å²) in [6.07, 6.45) is 5.20. The van der Waals surface area contributed by atoms with E-state index in [1.165, 1.54) is 13.5 Å². The van der Waals surface area contributed by atoms with Gasteiger partial charge in [0, 0.05) is 17.5 Å². The van der Waals surface area contributed by atoms with Crippen molar-refractivity contribution in [3.63, 3.8) is 0 Å². The van der Waals surface area contributed by atoms with Crippen molar-refractivity contribution in [3.05, 3.63) is 65.9 Å². The van der Waals surface area contributed by atoms with Gasteiger partial charge in [-0.15, -0.1) is 0 Å². The number of ether oxygens (including phenoxy) is 2. The van der Waals surface area contributed by atoms with Gasteiger partial charge in [0.2, 0.25) is 5.91 Å². The molecular weight excluding hydrogens is 570 g/mol. The Morgan fingerprint density at radius 1 is 1.02 bits per heavy atom. The van der Waals surface area contributed by atoms with Crippen LogP contribution < -0.4 is 10.1 Å². The zero-order valence-electron chi connectivity index (χ0n) is 25.4. The molecule has 3 aliphatic rings. The highest BCUT2D eigenvalue weighted by molar-refractivity contribution is 6.07. The number of likely N-dealkylation sites (tertiary alicyclic amines) is 2. The van der Waals surface area contributed by atoms with E-state index in [2.05, 4.69) is 79.4 Å². The maximum atomic E-state index is 12.8. The average Bonchev–Trinajstić information content (AvgIpc) is 3.88.